The fourth-order valence-electron chi connectivity index (χ4n) is 1.26. The number of phenols is 1. The number of carbonyl (C=O) groups is 3. The second-order valence-corrected chi connectivity index (χ2v) is 3.84. The molecule has 0 radical (unpaired) electrons. The van der Waals surface area contributed by atoms with Crippen LogP contribution in [0, 0.1) is 0 Å². The molecule has 0 aliphatic carbocycles. The van der Waals surface area contributed by atoms with Crippen LogP contribution >= 0.6 is 11.6 Å². The van der Waals surface area contributed by atoms with Crippen molar-refractivity contribution < 1.29 is 24.2 Å². The first kappa shape index (κ1) is 14.2. The van der Waals surface area contributed by atoms with Gasteiger partial charge in [0, 0.05) is 5.02 Å². The van der Waals surface area contributed by atoms with E-state index in [-0.39, 0.29) is 22.9 Å². The van der Waals surface area contributed by atoms with Gasteiger partial charge in [-0.05, 0) is 25.1 Å². The molecular formula is C12H11ClO5. The van der Waals surface area contributed by atoms with Gasteiger partial charge in [0.2, 0.25) is 5.78 Å². The Kier molecular flexibility index (Phi) is 4.85. The molecule has 0 spiro atoms. The molecule has 1 N–H and O–H groups in total. The molecule has 96 valence electrons. The van der Waals surface area contributed by atoms with E-state index in [4.69, 9.17) is 11.6 Å². The number of halogens is 1. The molecule has 18 heavy (non-hydrogen) atoms. The summed E-state index contributed by atoms with van der Waals surface area (Å²) >= 11 is 5.67. The Morgan fingerprint density at radius 3 is 2.61 bits per heavy atom. The number of Topliss-reactive ketones (excluding diaryl/α,β-unsaturated/α-hetero) is 2. The highest BCUT2D eigenvalue weighted by atomic mass is 35.5. The van der Waals surface area contributed by atoms with Crippen molar-refractivity contribution in [3.63, 3.8) is 0 Å². The lowest BCUT2D eigenvalue weighted by Gasteiger charge is -2.04. The molecule has 5 nitrogen and oxygen atoms in total. The quantitative estimate of drug-likeness (QED) is 0.382. The number of hydrogen-bond donors (Lipinski definition) is 1. The summed E-state index contributed by atoms with van der Waals surface area (Å²) in [7, 11) is 0. The second-order valence-electron chi connectivity index (χ2n) is 3.41. The maximum Gasteiger partial charge on any atom is 0.375 e. The van der Waals surface area contributed by atoms with Gasteiger partial charge in [0.25, 0.3) is 0 Å². The summed E-state index contributed by atoms with van der Waals surface area (Å²) in [6.45, 7) is 1.61. The number of esters is 1. The minimum absolute atomic E-state index is 0.0567. The Labute approximate surface area is 108 Å². The summed E-state index contributed by atoms with van der Waals surface area (Å²) in [5, 5.41) is 9.70. The third kappa shape index (κ3) is 3.56. The van der Waals surface area contributed by atoms with Crippen molar-refractivity contribution in [3.05, 3.63) is 28.8 Å². The van der Waals surface area contributed by atoms with Crippen LogP contribution in [-0.4, -0.2) is 29.2 Å². The van der Waals surface area contributed by atoms with Crippen LogP contribution in [0.5, 0.6) is 5.75 Å². The first-order chi connectivity index (χ1) is 8.45. The lowest BCUT2D eigenvalue weighted by atomic mass is 10.1. The summed E-state index contributed by atoms with van der Waals surface area (Å²) in [6.07, 6.45) is -0.660. The summed E-state index contributed by atoms with van der Waals surface area (Å²) in [4.78, 5) is 34.0. The number of ketones is 2. The van der Waals surface area contributed by atoms with Gasteiger partial charge in [0.15, 0.2) is 5.78 Å². The summed E-state index contributed by atoms with van der Waals surface area (Å²) in [5.41, 5.74) is -0.0971. The highest BCUT2D eigenvalue weighted by Crippen LogP contribution is 2.22. The third-order valence-corrected chi connectivity index (χ3v) is 2.32. The van der Waals surface area contributed by atoms with Gasteiger partial charge in [0.05, 0.1) is 18.6 Å². The minimum Gasteiger partial charge on any atom is -0.507 e. The highest BCUT2D eigenvalue weighted by molar-refractivity contribution is 6.38. The summed E-state index contributed by atoms with van der Waals surface area (Å²) < 4.78 is 4.47. The minimum atomic E-state index is -1.06. The molecule has 0 aromatic heterocycles. The van der Waals surface area contributed by atoms with Gasteiger partial charge >= 0.3 is 5.97 Å². The molecule has 0 saturated heterocycles. The maximum absolute atomic E-state index is 11.7. The zero-order chi connectivity index (χ0) is 13.7. The van der Waals surface area contributed by atoms with Crippen LogP contribution in [0.15, 0.2) is 18.2 Å². The zero-order valence-electron chi connectivity index (χ0n) is 9.60. The van der Waals surface area contributed by atoms with E-state index in [2.05, 4.69) is 4.74 Å². The molecule has 0 aliphatic heterocycles. The third-order valence-electron chi connectivity index (χ3n) is 2.08. The van der Waals surface area contributed by atoms with Crippen molar-refractivity contribution in [2.24, 2.45) is 0 Å². The van der Waals surface area contributed by atoms with Crippen LogP contribution in [0.3, 0.4) is 0 Å². The molecule has 0 fully saturated rings. The van der Waals surface area contributed by atoms with Gasteiger partial charge in [-0.2, -0.15) is 0 Å². The topological polar surface area (TPSA) is 80.7 Å². The fraction of sp³-hybridized carbons (Fsp3) is 0.250. The van der Waals surface area contributed by atoms with Gasteiger partial charge in [0.1, 0.15) is 5.75 Å². The predicted octanol–water partition coefficient (Wildman–Crippen LogP) is 1.75. The zero-order valence-corrected chi connectivity index (χ0v) is 10.4. The van der Waals surface area contributed by atoms with Gasteiger partial charge in [-0.15, -0.1) is 0 Å². The Bertz CT molecular complexity index is 495. The largest absolute Gasteiger partial charge is 0.507 e. The smallest absolute Gasteiger partial charge is 0.375 e. The van der Waals surface area contributed by atoms with Crippen molar-refractivity contribution >= 4 is 29.1 Å². The number of aromatic hydroxyl groups is 1. The molecule has 6 heteroatoms. The average Bonchev–Trinajstić information content (AvgIpc) is 2.32. The fourth-order valence-corrected chi connectivity index (χ4v) is 1.43. The first-order valence-electron chi connectivity index (χ1n) is 5.17. The van der Waals surface area contributed by atoms with Crippen molar-refractivity contribution in [2.75, 3.05) is 6.61 Å². The van der Waals surface area contributed by atoms with Crippen LogP contribution in [0.25, 0.3) is 0 Å². The van der Waals surface area contributed by atoms with Gasteiger partial charge in [-0.25, -0.2) is 4.79 Å². The lowest BCUT2D eigenvalue weighted by Crippen LogP contribution is -2.20. The normalized spacial score (nSPS) is 9.89. The van der Waals surface area contributed by atoms with Gasteiger partial charge in [-0.3, -0.25) is 9.59 Å². The van der Waals surface area contributed by atoms with E-state index in [9.17, 15) is 19.5 Å². The predicted molar refractivity (Wildman–Crippen MR) is 63.7 cm³/mol. The van der Waals surface area contributed by atoms with E-state index in [1.165, 1.54) is 18.2 Å². The van der Waals surface area contributed by atoms with Crippen molar-refractivity contribution in [1.29, 1.82) is 0 Å². The van der Waals surface area contributed by atoms with Gasteiger partial charge < -0.3 is 9.84 Å². The molecular weight excluding hydrogens is 260 g/mol. The summed E-state index contributed by atoms with van der Waals surface area (Å²) in [6, 6.07) is 3.88. The molecule has 1 aromatic rings. The molecule has 0 heterocycles. The number of rotatable bonds is 5. The van der Waals surface area contributed by atoms with Crippen LogP contribution in [0.4, 0.5) is 0 Å². The molecule has 0 amide bonds. The Morgan fingerprint density at radius 1 is 1.33 bits per heavy atom. The lowest BCUT2D eigenvalue weighted by molar-refractivity contribution is -0.153. The SMILES string of the molecule is CCOC(=O)C(=O)CC(=O)c1cc(Cl)ccc1O. The van der Waals surface area contributed by atoms with E-state index in [1.54, 1.807) is 6.92 Å². The number of phenolic OH excluding ortho intramolecular Hbond substituents is 1. The highest BCUT2D eigenvalue weighted by Gasteiger charge is 2.21. The molecule has 0 unspecified atom stereocenters. The number of benzene rings is 1. The Morgan fingerprint density at radius 2 is 2.00 bits per heavy atom. The second kappa shape index (κ2) is 6.16. The van der Waals surface area contributed by atoms with Crippen LogP contribution in [-0.2, 0) is 14.3 Å². The monoisotopic (exact) mass is 270 g/mol. The number of carbonyl (C=O) groups excluding carboxylic acids is 3. The standard InChI is InChI=1S/C12H11ClO5/c1-2-18-12(17)11(16)6-10(15)8-5-7(13)3-4-9(8)14/h3-5,14H,2,6H2,1H3. The first-order valence-corrected chi connectivity index (χ1v) is 5.55. The molecule has 1 rings (SSSR count). The van der Waals surface area contributed by atoms with Crippen LogP contribution < -0.4 is 0 Å². The van der Waals surface area contributed by atoms with E-state index >= 15 is 0 Å². The summed E-state index contributed by atoms with van der Waals surface area (Å²) in [5.74, 6) is -3.00. The van der Waals surface area contributed by atoms with E-state index in [1.807, 2.05) is 0 Å². The molecule has 1 aromatic carbocycles. The number of hydrogen-bond acceptors (Lipinski definition) is 5. The van der Waals surface area contributed by atoms with Crippen LogP contribution in [0.1, 0.15) is 23.7 Å². The van der Waals surface area contributed by atoms with E-state index in [0.717, 1.165) is 0 Å². The van der Waals surface area contributed by atoms with E-state index < -0.39 is 24.0 Å². The average molecular weight is 271 g/mol. The maximum atomic E-state index is 11.7. The molecule has 0 atom stereocenters. The van der Waals surface area contributed by atoms with Crippen LogP contribution in [0.2, 0.25) is 5.02 Å². The Balaban J connectivity index is 2.80. The van der Waals surface area contributed by atoms with Crippen molar-refractivity contribution in [2.45, 2.75) is 13.3 Å². The Hall–Kier alpha value is -1.88. The van der Waals surface area contributed by atoms with Gasteiger partial charge in [-0.1, -0.05) is 11.6 Å². The number of ether oxygens (including phenoxy) is 1. The molecule has 0 saturated carbocycles. The van der Waals surface area contributed by atoms with Crippen molar-refractivity contribution in [3.8, 4) is 5.75 Å². The molecule has 0 aliphatic rings. The molecule has 0 bridgehead atoms. The van der Waals surface area contributed by atoms with E-state index in [0.29, 0.717) is 0 Å². The van der Waals surface area contributed by atoms with Crippen molar-refractivity contribution in [1.82, 2.24) is 0 Å².